The third-order valence-electron chi connectivity index (χ3n) is 7.71. The van der Waals surface area contributed by atoms with Gasteiger partial charge in [0.1, 0.15) is 6.54 Å². The smallest absolute Gasteiger partial charge is 0.322 e. The zero-order valence-electron chi connectivity index (χ0n) is 25.0. The number of hydrogen-bond donors (Lipinski definition) is 1. The summed E-state index contributed by atoms with van der Waals surface area (Å²) in [6, 6.07) is 23.4. The monoisotopic (exact) mass is 601 g/mol. The Kier molecular flexibility index (Phi) is 10.2. The van der Waals surface area contributed by atoms with Gasteiger partial charge in [-0.2, -0.15) is 0 Å². The normalized spacial score (nSPS) is 14.4. The van der Waals surface area contributed by atoms with E-state index in [4.69, 9.17) is 14.2 Å². The first-order valence-corrected chi connectivity index (χ1v) is 15.4. The number of methoxy groups -OCH3 is 2. The molecule has 9 heteroatoms. The van der Waals surface area contributed by atoms with Crippen molar-refractivity contribution in [2.24, 2.45) is 0 Å². The zero-order chi connectivity index (χ0) is 30.2. The highest BCUT2D eigenvalue weighted by atomic mass is 32.1. The van der Waals surface area contributed by atoms with Crippen molar-refractivity contribution in [2.75, 3.05) is 45.8 Å². The predicted molar refractivity (Wildman–Crippen MR) is 171 cm³/mol. The largest absolute Gasteiger partial charge is 0.493 e. The van der Waals surface area contributed by atoms with Gasteiger partial charge in [0.2, 0.25) is 5.91 Å². The van der Waals surface area contributed by atoms with Gasteiger partial charge in [-0.1, -0.05) is 42.5 Å². The lowest BCUT2D eigenvalue weighted by Gasteiger charge is -2.29. The minimum Gasteiger partial charge on any atom is -0.493 e. The fourth-order valence-electron chi connectivity index (χ4n) is 5.40. The Balaban J connectivity index is 1.35. The van der Waals surface area contributed by atoms with E-state index in [0.717, 1.165) is 34.1 Å². The van der Waals surface area contributed by atoms with E-state index in [0.29, 0.717) is 49.8 Å². The molecular weight excluding hydrogens is 562 g/mol. The summed E-state index contributed by atoms with van der Waals surface area (Å²) in [5, 5.41) is 5.06. The summed E-state index contributed by atoms with van der Waals surface area (Å²) in [5.74, 6) is 1.20. The number of anilines is 1. The summed E-state index contributed by atoms with van der Waals surface area (Å²) >= 11 is 1.68. The maximum absolute atomic E-state index is 14.0. The Morgan fingerprint density at radius 3 is 2.53 bits per heavy atom. The summed E-state index contributed by atoms with van der Waals surface area (Å²) in [7, 11) is 3.22. The third-order valence-corrected chi connectivity index (χ3v) is 8.69. The van der Waals surface area contributed by atoms with Crippen LogP contribution < -0.4 is 14.8 Å². The average molecular weight is 602 g/mol. The molecule has 3 aromatic carbocycles. The van der Waals surface area contributed by atoms with Crippen LogP contribution in [0, 0.1) is 6.92 Å². The minimum atomic E-state index is -0.313. The lowest BCUT2D eigenvalue weighted by molar-refractivity contribution is -0.132. The molecule has 5 rings (SSSR count). The van der Waals surface area contributed by atoms with Crippen LogP contribution in [0.15, 0.2) is 72.8 Å². The van der Waals surface area contributed by atoms with Crippen LogP contribution in [0.3, 0.4) is 0 Å². The van der Waals surface area contributed by atoms with Crippen molar-refractivity contribution in [2.45, 2.75) is 38.8 Å². The minimum absolute atomic E-state index is 0.0489. The van der Waals surface area contributed by atoms with Gasteiger partial charge < -0.3 is 29.3 Å². The molecule has 1 N–H and O–H groups in total. The van der Waals surface area contributed by atoms with E-state index in [-0.39, 0.29) is 24.6 Å². The van der Waals surface area contributed by atoms with E-state index in [2.05, 4.69) is 24.4 Å². The SMILES string of the molecule is COc1ccc(CCN(Cc2ccc(C)s2)C(=O)CN(CC2CCCO2)C(=O)Nc2cccc3ccccc23)cc1OC. The number of thiophene rings is 1. The molecule has 1 aromatic heterocycles. The molecule has 4 aromatic rings. The molecule has 1 saturated heterocycles. The van der Waals surface area contributed by atoms with E-state index < -0.39 is 0 Å². The molecule has 226 valence electrons. The number of nitrogens with zero attached hydrogens (tertiary/aromatic N) is 2. The molecular formula is C34H39N3O5S. The highest BCUT2D eigenvalue weighted by Gasteiger charge is 2.27. The number of hydrogen-bond acceptors (Lipinski definition) is 6. The van der Waals surface area contributed by atoms with E-state index in [1.807, 2.05) is 65.6 Å². The Bertz CT molecular complexity index is 1540. The Morgan fingerprint density at radius 1 is 0.977 bits per heavy atom. The maximum Gasteiger partial charge on any atom is 0.322 e. The second kappa shape index (κ2) is 14.4. The van der Waals surface area contributed by atoms with Gasteiger partial charge in [0, 0.05) is 34.8 Å². The van der Waals surface area contributed by atoms with Crippen molar-refractivity contribution in [3.05, 3.63) is 88.1 Å². The maximum atomic E-state index is 14.0. The first kappa shape index (κ1) is 30.4. The molecule has 0 aliphatic carbocycles. The van der Waals surface area contributed by atoms with Gasteiger partial charge in [0.25, 0.3) is 0 Å². The zero-order valence-corrected chi connectivity index (χ0v) is 25.8. The second-order valence-corrected chi connectivity index (χ2v) is 12.1. The molecule has 0 spiro atoms. The summed E-state index contributed by atoms with van der Waals surface area (Å²) in [6.45, 7) is 4.00. The van der Waals surface area contributed by atoms with Crippen LogP contribution in [-0.2, 0) is 22.5 Å². The second-order valence-electron chi connectivity index (χ2n) is 10.7. The molecule has 1 fully saturated rings. The highest BCUT2D eigenvalue weighted by molar-refractivity contribution is 7.11. The number of amides is 3. The first-order chi connectivity index (χ1) is 20.9. The van der Waals surface area contributed by atoms with Crippen LogP contribution in [0.5, 0.6) is 11.5 Å². The molecule has 2 heterocycles. The van der Waals surface area contributed by atoms with Crippen LogP contribution in [0.25, 0.3) is 10.8 Å². The van der Waals surface area contributed by atoms with Gasteiger partial charge in [-0.05, 0) is 67.5 Å². The molecule has 1 aliphatic heterocycles. The van der Waals surface area contributed by atoms with Crippen LogP contribution >= 0.6 is 11.3 Å². The molecule has 1 unspecified atom stereocenters. The van der Waals surface area contributed by atoms with Gasteiger partial charge in [-0.3, -0.25) is 4.79 Å². The van der Waals surface area contributed by atoms with Gasteiger partial charge >= 0.3 is 6.03 Å². The standard InChI is InChI=1S/C34H39N3O5S/c1-24-13-15-28(43-24)22-36(18-17-25-14-16-31(40-2)32(20-25)41-3)33(38)23-37(21-27-10-7-19-42-27)34(39)35-30-12-6-9-26-8-4-5-11-29(26)30/h4-6,8-9,11-16,20,27H,7,10,17-19,21-23H2,1-3H3,(H,35,39). The van der Waals surface area contributed by atoms with Crippen LogP contribution in [0.2, 0.25) is 0 Å². The Hall–Kier alpha value is -4.08. The molecule has 0 radical (unpaired) electrons. The van der Waals surface area contributed by atoms with Gasteiger partial charge in [-0.25, -0.2) is 4.79 Å². The first-order valence-electron chi connectivity index (χ1n) is 14.6. The van der Waals surface area contributed by atoms with Crippen molar-refractivity contribution in [1.82, 2.24) is 9.80 Å². The molecule has 0 saturated carbocycles. The molecule has 3 amide bonds. The third kappa shape index (κ3) is 7.86. The number of nitrogens with one attached hydrogen (secondary N) is 1. The highest BCUT2D eigenvalue weighted by Crippen LogP contribution is 2.28. The van der Waals surface area contributed by atoms with Gasteiger partial charge in [-0.15, -0.1) is 11.3 Å². The van der Waals surface area contributed by atoms with Crippen molar-refractivity contribution < 1.29 is 23.8 Å². The number of ether oxygens (including phenoxy) is 3. The van der Waals surface area contributed by atoms with Crippen LogP contribution in [0.1, 0.15) is 28.2 Å². The number of rotatable bonds is 12. The summed E-state index contributed by atoms with van der Waals surface area (Å²) in [4.78, 5) is 33.5. The van der Waals surface area contributed by atoms with Crippen molar-refractivity contribution in [3.8, 4) is 11.5 Å². The molecule has 1 atom stereocenters. The van der Waals surface area contributed by atoms with Gasteiger partial charge in [0.15, 0.2) is 11.5 Å². The quantitative estimate of drug-likeness (QED) is 0.200. The summed E-state index contributed by atoms with van der Waals surface area (Å²) < 4.78 is 16.7. The Morgan fingerprint density at radius 2 is 1.79 bits per heavy atom. The fourth-order valence-corrected chi connectivity index (χ4v) is 6.30. The number of aryl methyl sites for hydroxylation is 1. The Labute approximate surface area is 257 Å². The lowest BCUT2D eigenvalue weighted by atomic mass is 10.1. The van der Waals surface area contributed by atoms with E-state index in [1.54, 1.807) is 30.5 Å². The van der Waals surface area contributed by atoms with E-state index in [9.17, 15) is 9.59 Å². The predicted octanol–water partition coefficient (Wildman–Crippen LogP) is 6.51. The molecule has 8 nitrogen and oxygen atoms in total. The van der Waals surface area contributed by atoms with E-state index >= 15 is 0 Å². The fraction of sp³-hybridized carbons (Fsp3) is 0.353. The number of carbonyl (C=O) groups excluding carboxylic acids is 2. The van der Waals surface area contributed by atoms with Crippen molar-refractivity contribution >= 4 is 39.7 Å². The number of urea groups is 1. The van der Waals surface area contributed by atoms with Crippen molar-refractivity contribution in [1.29, 1.82) is 0 Å². The van der Waals surface area contributed by atoms with Crippen LogP contribution in [0.4, 0.5) is 10.5 Å². The topological polar surface area (TPSA) is 80.3 Å². The number of fused-ring (bicyclic) bond motifs is 1. The summed E-state index contributed by atoms with van der Waals surface area (Å²) in [5.41, 5.74) is 1.75. The number of benzene rings is 3. The summed E-state index contributed by atoms with van der Waals surface area (Å²) in [6.07, 6.45) is 2.35. The van der Waals surface area contributed by atoms with E-state index in [1.165, 1.54) is 4.88 Å². The molecule has 0 bridgehead atoms. The molecule has 43 heavy (non-hydrogen) atoms. The van der Waals surface area contributed by atoms with Gasteiger partial charge in [0.05, 0.1) is 32.6 Å². The average Bonchev–Trinajstić information content (AvgIpc) is 3.70. The van der Waals surface area contributed by atoms with Crippen LogP contribution in [-0.4, -0.2) is 68.3 Å². The van der Waals surface area contributed by atoms with Crippen molar-refractivity contribution in [3.63, 3.8) is 0 Å². The lowest BCUT2D eigenvalue weighted by Crippen LogP contribution is -2.47. The molecule has 1 aliphatic rings. The number of carbonyl (C=O) groups is 2.